The zero-order valence-electron chi connectivity index (χ0n) is 7.74. The summed E-state index contributed by atoms with van der Waals surface area (Å²) in [6, 6.07) is 6.93. The van der Waals surface area contributed by atoms with Crippen LogP contribution in [0.25, 0.3) is 6.08 Å². The molecule has 0 bridgehead atoms. The lowest BCUT2D eigenvalue weighted by atomic mass is 10.1. The van der Waals surface area contributed by atoms with Gasteiger partial charge in [0.05, 0.1) is 0 Å². The molecule has 0 saturated carbocycles. The summed E-state index contributed by atoms with van der Waals surface area (Å²) in [6.07, 6.45) is 2.86. The fourth-order valence-corrected chi connectivity index (χ4v) is 0.999. The van der Waals surface area contributed by atoms with Crippen LogP contribution in [0.5, 0.6) is 0 Å². The minimum Gasteiger partial charge on any atom is -0.384 e. The van der Waals surface area contributed by atoms with E-state index < -0.39 is 5.24 Å². The average Bonchev–Trinajstić information content (AvgIpc) is 2.15. The van der Waals surface area contributed by atoms with Crippen LogP contribution < -0.4 is 5.73 Å². The van der Waals surface area contributed by atoms with Crippen molar-refractivity contribution in [3.05, 3.63) is 41.5 Å². The lowest BCUT2D eigenvalue weighted by molar-refractivity contribution is -0.107. The first-order chi connectivity index (χ1) is 6.59. The molecule has 0 radical (unpaired) electrons. The largest absolute Gasteiger partial charge is 0.384 e. The van der Waals surface area contributed by atoms with E-state index in [4.69, 9.17) is 22.7 Å². The molecule has 15 heavy (non-hydrogen) atoms. The Balaban J connectivity index is 0.00000196. The van der Waals surface area contributed by atoms with Gasteiger partial charge in [0.2, 0.25) is 5.24 Å². The van der Waals surface area contributed by atoms with Gasteiger partial charge in [0.25, 0.3) is 0 Å². The molecule has 0 aromatic heterocycles. The highest BCUT2D eigenvalue weighted by atomic mass is 35.5. The number of hydrogen-bond donors (Lipinski definition) is 2. The van der Waals surface area contributed by atoms with Gasteiger partial charge in [-0.25, -0.2) is 0 Å². The molecule has 5 heteroatoms. The lowest BCUT2D eigenvalue weighted by Gasteiger charge is -1.97. The van der Waals surface area contributed by atoms with Crippen molar-refractivity contribution in [1.29, 1.82) is 5.41 Å². The zero-order valence-corrected chi connectivity index (χ0v) is 9.31. The van der Waals surface area contributed by atoms with E-state index in [0.29, 0.717) is 5.56 Å². The Bertz CT molecular complexity index is 385. The fraction of sp³-hybridized carbons (Fsp3) is 0. The SMILES string of the molecule is Cl.N=C(N)c1ccc(C=CC(=O)Cl)cc1. The number of nitrogens with two attached hydrogens (primary N) is 1. The first-order valence-corrected chi connectivity index (χ1v) is 4.29. The molecule has 1 aromatic carbocycles. The predicted molar refractivity (Wildman–Crippen MR) is 64.6 cm³/mol. The van der Waals surface area contributed by atoms with Crippen LogP contribution in [0.3, 0.4) is 0 Å². The number of benzene rings is 1. The monoisotopic (exact) mass is 244 g/mol. The Labute approximate surface area is 98.8 Å². The number of allylic oxidation sites excluding steroid dienone is 1. The molecular weight excluding hydrogens is 235 g/mol. The summed E-state index contributed by atoms with van der Waals surface area (Å²) in [7, 11) is 0. The Morgan fingerprint density at radius 2 is 1.87 bits per heavy atom. The van der Waals surface area contributed by atoms with E-state index in [1.165, 1.54) is 6.08 Å². The number of rotatable bonds is 3. The molecule has 1 rings (SSSR count). The van der Waals surface area contributed by atoms with Crippen LogP contribution in [0.4, 0.5) is 0 Å². The van der Waals surface area contributed by atoms with Crippen LogP contribution >= 0.6 is 24.0 Å². The summed E-state index contributed by atoms with van der Waals surface area (Å²) in [6.45, 7) is 0. The molecular formula is C10H10Cl2N2O. The van der Waals surface area contributed by atoms with Crippen LogP contribution in [-0.4, -0.2) is 11.1 Å². The fourth-order valence-electron chi connectivity index (χ4n) is 0.936. The van der Waals surface area contributed by atoms with E-state index in [1.54, 1.807) is 30.3 Å². The van der Waals surface area contributed by atoms with Gasteiger partial charge < -0.3 is 5.73 Å². The molecule has 0 aliphatic heterocycles. The maximum atomic E-state index is 10.4. The third-order valence-corrected chi connectivity index (χ3v) is 1.75. The van der Waals surface area contributed by atoms with Crippen molar-refractivity contribution in [2.75, 3.05) is 0 Å². The molecule has 80 valence electrons. The first kappa shape index (κ1) is 13.7. The number of nitrogens with one attached hydrogen (secondary N) is 1. The van der Waals surface area contributed by atoms with Gasteiger partial charge in [-0.05, 0) is 23.2 Å². The minimum atomic E-state index is -0.513. The van der Waals surface area contributed by atoms with Gasteiger partial charge in [0, 0.05) is 5.56 Å². The zero-order chi connectivity index (χ0) is 10.6. The summed E-state index contributed by atoms with van der Waals surface area (Å²) in [5, 5.41) is 6.65. The molecule has 3 nitrogen and oxygen atoms in total. The molecule has 0 fully saturated rings. The van der Waals surface area contributed by atoms with Gasteiger partial charge in [-0.3, -0.25) is 10.2 Å². The van der Waals surface area contributed by atoms with Crippen LogP contribution in [0.2, 0.25) is 0 Å². The van der Waals surface area contributed by atoms with E-state index in [2.05, 4.69) is 0 Å². The molecule has 0 unspecified atom stereocenters. The maximum Gasteiger partial charge on any atom is 0.245 e. The molecule has 3 N–H and O–H groups in total. The van der Waals surface area contributed by atoms with Gasteiger partial charge >= 0.3 is 0 Å². The van der Waals surface area contributed by atoms with E-state index in [0.717, 1.165) is 5.56 Å². The van der Waals surface area contributed by atoms with Crippen molar-refractivity contribution in [3.63, 3.8) is 0 Å². The first-order valence-electron chi connectivity index (χ1n) is 3.91. The second-order valence-corrected chi connectivity index (χ2v) is 3.05. The molecule has 0 saturated heterocycles. The van der Waals surface area contributed by atoms with Crippen LogP contribution in [-0.2, 0) is 4.79 Å². The standard InChI is InChI=1S/C10H9ClN2O.ClH/c11-9(14)6-3-7-1-4-8(5-2-7)10(12)13;/h1-6H,(H3,12,13);1H. The van der Waals surface area contributed by atoms with Crippen molar-refractivity contribution in [1.82, 2.24) is 0 Å². The number of carbonyl (C=O) groups is 1. The van der Waals surface area contributed by atoms with Crippen molar-refractivity contribution in [3.8, 4) is 0 Å². The highest BCUT2D eigenvalue weighted by molar-refractivity contribution is 6.66. The smallest absolute Gasteiger partial charge is 0.245 e. The molecule has 0 heterocycles. The highest BCUT2D eigenvalue weighted by Crippen LogP contribution is 2.05. The van der Waals surface area contributed by atoms with E-state index >= 15 is 0 Å². The third kappa shape index (κ3) is 4.63. The highest BCUT2D eigenvalue weighted by Gasteiger charge is 1.94. The summed E-state index contributed by atoms with van der Waals surface area (Å²) in [5.74, 6) is 0.0222. The number of nitrogen functional groups attached to an aromatic ring is 1. The van der Waals surface area contributed by atoms with Crippen LogP contribution in [0.15, 0.2) is 30.3 Å². The van der Waals surface area contributed by atoms with Gasteiger partial charge in [0.1, 0.15) is 5.84 Å². The Hall–Kier alpha value is -1.32. The van der Waals surface area contributed by atoms with Gasteiger partial charge in [0.15, 0.2) is 0 Å². The average molecular weight is 245 g/mol. The van der Waals surface area contributed by atoms with Crippen molar-refractivity contribution in [2.45, 2.75) is 0 Å². The van der Waals surface area contributed by atoms with E-state index in [1.807, 2.05) is 0 Å². The molecule has 1 aromatic rings. The molecule has 0 aliphatic carbocycles. The van der Waals surface area contributed by atoms with Crippen molar-refractivity contribution < 1.29 is 4.79 Å². The number of amidine groups is 1. The number of hydrogen-bond acceptors (Lipinski definition) is 2. The third-order valence-electron chi connectivity index (χ3n) is 1.63. The topological polar surface area (TPSA) is 66.9 Å². The predicted octanol–water partition coefficient (Wildman–Crippen LogP) is 2.17. The molecule has 0 aliphatic rings. The van der Waals surface area contributed by atoms with E-state index in [-0.39, 0.29) is 18.2 Å². The second kappa shape index (κ2) is 6.22. The molecule has 0 atom stereocenters. The van der Waals surface area contributed by atoms with Crippen LogP contribution in [0, 0.1) is 5.41 Å². The van der Waals surface area contributed by atoms with Crippen molar-refractivity contribution >= 4 is 41.2 Å². The summed E-state index contributed by atoms with van der Waals surface area (Å²) >= 11 is 5.13. The van der Waals surface area contributed by atoms with Gasteiger partial charge in [-0.15, -0.1) is 12.4 Å². The molecule has 0 spiro atoms. The Morgan fingerprint density at radius 3 is 2.27 bits per heavy atom. The summed E-state index contributed by atoms with van der Waals surface area (Å²) in [5.41, 5.74) is 6.77. The minimum absolute atomic E-state index is 0. The van der Waals surface area contributed by atoms with E-state index in [9.17, 15) is 4.79 Å². The molecule has 0 amide bonds. The Kier molecular flexibility index (Phi) is 5.67. The normalized spacial score (nSPS) is 9.67. The summed E-state index contributed by atoms with van der Waals surface area (Å²) in [4.78, 5) is 10.4. The second-order valence-electron chi connectivity index (χ2n) is 2.67. The quantitative estimate of drug-likeness (QED) is 0.371. The van der Waals surface area contributed by atoms with Crippen molar-refractivity contribution in [2.24, 2.45) is 5.73 Å². The van der Waals surface area contributed by atoms with Gasteiger partial charge in [-0.1, -0.05) is 30.3 Å². The maximum absolute atomic E-state index is 10.4. The summed E-state index contributed by atoms with van der Waals surface area (Å²) < 4.78 is 0. The van der Waals surface area contributed by atoms with Gasteiger partial charge in [-0.2, -0.15) is 0 Å². The Morgan fingerprint density at radius 1 is 1.33 bits per heavy atom. The van der Waals surface area contributed by atoms with Crippen LogP contribution in [0.1, 0.15) is 11.1 Å². The number of carbonyl (C=O) groups excluding carboxylic acids is 1. The lowest BCUT2D eigenvalue weighted by Crippen LogP contribution is -2.10. The number of halogens is 2.